The van der Waals surface area contributed by atoms with Gasteiger partial charge in [0.1, 0.15) is 0 Å². The molecule has 0 spiro atoms. The number of hydrogen-bond acceptors (Lipinski definition) is 5. The highest BCUT2D eigenvalue weighted by molar-refractivity contribution is 7.86. The lowest BCUT2D eigenvalue weighted by Crippen LogP contribution is -2.25. The first kappa shape index (κ1) is 14.4. The van der Waals surface area contributed by atoms with Crippen LogP contribution in [0.5, 0.6) is 0 Å². The lowest BCUT2D eigenvalue weighted by atomic mass is 10.1. The second kappa shape index (κ2) is 5.16. The number of halogens is 1. The Kier molecular flexibility index (Phi) is 3.71. The summed E-state index contributed by atoms with van der Waals surface area (Å²) in [6, 6.07) is 5.31. The Labute approximate surface area is 114 Å². The van der Waals surface area contributed by atoms with Crippen molar-refractivity contribution in [2.45, 2.75) is 6.42 Å². The average Bonchev–Trinajstić information content (AvgIpc) is 2.67. The standard InChI is InChI=1S/C11H11FN2O5S/c12-20(18,19)7-8-5-11(15)13(6-8)9-1-3-10(4-2-9)14(16)17/h1-4,8H,5-7H2. The summed E-state index contributed by atoms with van der Waals surface area (Å²) in [5.74, 6) is -1.62. The van der Waals surface area contributed by atoms with Gasteiger partial charge in [0.05, 0.1) is 10.7 Å². The minimum Gasteiger partial charge on any atom is -0.312 e. The largest absolute Gasteiger partial charge is 0.312 e. The van der Waals surface area contributed by atoms with Crippen molar-refractivity contribution in [3.05, 3.63) is 34.4 Å². The van der Waals surface area contributed by atoms with Crippen LogP contribution in [0.4, 0.5) is 15.3 Å². The lowest BCUT2D eigenvalue weighted by Gasteiger charge is -2.16. The second-order valence-electron chi connectivity index (χ2n) is 4.55. The first-order valence-corrected chi connectivity index (χ1v) is 7.28. The van der Waals surface area contributed by atoms with E-state index in [1.807, 2.05) is 0 Å². The van der Waals surface area contributed by atoms with E-state index in [0.717, 1.165) is 0 Å². The minimum atomic E-state index is -4.62. The maximum atomic E-state index is 12.6. The molecular weight excluding hydrogens is 291 g/mol. The molecule has 1 aliphatic heterocycles. The number of carbonyl (C=O) groups excluding carboxylic acids is 1. The van der Waals surface area contributed by atoms with E-state index in [1.165, 1.54) is 29.2 Å². The minimum absolute atomic E-state index is 0.0554. The van der Waals surface area contributed by atoms with E-state index in [4.69, 9.17) is 0 Å². The molecule has 0 radical (unpaired) electrons. The van der Waals surface area contributed by atoms with Crippen molar-refractivity contribution in [2.24, 2.45) is 5.92 Å². The van der Waals surface area contributed by atoms with Gasteiger partial charge in [0.15, 0.2) is 0 Å². The SMILES string of the molecule is O=C1CC(CS(=O)(=O)F)CN1c1ccc([N+](=O)[O-])cc1. The van der Waals surface area contributed by atoms with Crippen LogP contribution in [0.15, 0.2) is 24.3 Å². The second-order valence-corrected chi connectivity index (χ2v) is 5.96. The molecular formula is C11H11FN2O5S. The van der Waals surface area contributed by atoms with Crippen molar-refractivity contribution in [1.82, 2.24) is 0 Å². The van der Waals surface area contributed by atoms with E-state index in [-0.39, 0.29) is 24.6 Å². The van der Waals surface area contributed by atoms with E-state index >= 15 is 0 Å². The van der Waals surface area contributed by atoms with Crippen LogP contribution in [-0.2, 0) is 15.0 Å². The number of hydrogen-bond donors (Lipinski definition) is 0. The molecule has 1 saturated heterocycles. The smallest absolute Gasteiger partial charge is 0.302 e. The number of non-ortho nitro benzene ring substituents is 1. The van der Waals surface area contributed by atoms with Crippen LogP contribution in [0.3, 0.4) is 0 Å². The van der Waals surface area contributed by atoms with Gasteiger partial charge < -0.3 is 4.90 Å². The molecule has 7 nitrogen and oxygen atoms in total. The zero-order chi connectivity index (χ0) is 14.9. The number of amides is 1. The van der Waals surface area contributed by atoms with Gasteiger partial charge >= 0.3 is 10.2 Å². The lowest BCUT2D eigenvalue weighted by molar-refractivity contribution is -0.384. The van der Waals surface area contributed by atoms with Gasteiger partial charge in [-0.2, -0.15) is 8.42 Å². The number of benzene rings is 1. The molecule has 1 aliphatic rings. The molecule has 108 valence electrons. The highest BCUT2D eigenvalue weighted by Gasteiger charge is 2.33. The van der Waals surface area contributed by atoms with Crippen molar-refractivity contribution in [1.29, 1.82) is 0 Å². The fraction of sp³-hybridized carbons (Fsp3) is 0.364. The van der Waals surface area contributed by atoms with Crippen LogP contribution in [0, 0.1) is 16.0 Å². The average molecular weight is 302 g/mol. The molecule has 1 amide bonds. The third kappa shape index (κ3) is 3.29. The summed E-state index contributed by atoms with van der Waals surface area (Å²) in [5.41, 5.74) is 0.322. The predicted molar refractivity (Wildman–Crippen MR) is 68.5 cm³/mol. The molecule has 0 bridgehead atoms. The topological polar surface area (TPSA) is 97.6 Å². The quantitative estimate of drug-likeness (QED) is 0.473. The number of nitro groups is 1. The van der Waals surface area contributed by atoms with Gasteiger partial charge in [0, 0.05) is 36.7 Å². The van der Waals surface area contributed by atoms with Crippen molar-refractivity contribution in [2.75, 3.05) is 17.2 Å². The third-order valence-electron chi connectivity index (χ3n) is 3.01. The van der Waals surface area contributed by atoms with Gasteiger partial charge in [-0.1, -0.05) is 0 Å². The predicted octanol–water partition coefficient (Wildman–Crippen LogP) is 1.25. The Bertz CT molecular complexity index is 643. The Morgan fingerprint density at radius 3 is 2.45 bits per heavy atom. The van der Waals surface area contributed by atoms with Crippen molar-refractivity contribution in [3.63, 3.8) is 0 Å². The molecule has 1 heterocycles. The molecule has 2 rings (SSSR count). The molecule has 0 saturated carbocycles. The van der Waals surface area contributed by atoms with E-state index in [1.54, 1.807) is 0 Å². The summed E-state index contributed by atoms with van der Waals surface area (Å²) >= 11 is 0. The molecule has 0 N–H and O–H groups in total. The van der Waals surface area contributed by atoms with Crippen LogP contribution in [0.25, 0.3) is 0 Å². The van der Waals surface area contributed by atoms with Crippen molar-refractivity contribution < 1.29 is 22.0 Å². The van der Waals surface area contributed by atoms with Crippen LogP contribution >= 0.6 is 0 Å². The molecule has 0 aromatic heterocycles. The van der Waals surface area contributed by atoms with Crippen molar-refractivity contribution >= 4 is 27.5 Å². The monoisotopic (exact) mass is 302 g/mol. The number of nitro benzene ring substituents is 1. The molecule has 9 heteroatoms. The zero-order valence-corrected chi connectivity index (χ0v) is 11.0. The Morgan fingerprint density at radius 2 is 1.95 bits per heavy atom. The summed E-state index contributed by atoms with van der Waals surface area (Å²) in [4.78, 5) is 23.0. The first-order chi connectivity index (χ1) is 9.26. The van der Waals surface area contributed by atoms with Gasteiger partial charge in [0.2, 0.25) is 5.91 Å². The summed E-state index contributed by atoms with van der Waals surface area (Å²) in [6.45, 7) is 0.0831. The van der Waals surface area contributed by atoms with Gasteiger partial charge in [-0.3, -0.25) is 14.9 Å². The van der Waals surface area contributed by atoms with Gasteiger partial charge in [-0.15, -0.1) is 3.89 Å². The van der Waals surface area contributed by atoms with Gasteiger partial charge in [-0.25, -0.2) is 0 Å². The maximum absolute atomic E-state index is 12.6. The van der Waals surface area contributed by atoms with E-state index in [9.17, 15) is 27.2 Å². The molecule has 1 unspecified atom stereocenters. The number of anilines is 1. The summed E-state index contributed by atoms with van der Waals surface area (Å²) in [7, 11) is -4.62. The molecule has 0 aliphatic carbocycles. The van der Waals surface area contributed by atoms with Crippen molar-refractivity contribution in [3.8, 4) is 0 Å². The molecule has 1 aromatic carbocycles. The fourth-order valence-electron chi connectivity index (χ4n) is 2.18. The molecule has 1 fully saturated rings. The number of carbonyl (C=O) groups is 1. The van der Waals surface area contributed by atoms with Crippen LogP contribution in [-0.4, -0.2) is 31.5 Å². The number of rotatable bonds is 4. The summed E-state index contributed by atoms with van der Waals surface area (Å²) in [6.07, 6.45) is -0.0554. The third-order valence-corrected chi connectivity index (χ3v) is 3.88. The van der Waals surface area contributed by atoms with Crippen LogP contribution in [0.1, 0.15) is 6.42 Å². The molecule has 1 aromatic rings. The Morgan fingerprint density at radius 1 is 1.35 bits per heavy atom. The highest BCUT2D eigenvalue weighted by atomic mass is 32.3. The van der Waals surface area contributed by atoms with E-state index < -0.39 is 26.8 Å². The van der Waals surface area contributed by atoms with Crippen LogP contribution in [0.2, 0.25) is 0 Å². The summed E-state index contributed by atoms with van der Waals surface area (Å²) in [5, 5.41) is 10.5. The highest BCUT2D eigenvalue weighted by Crippen LogP contribution is 2.27. The fourth-order valence-corrected chi connectivity index (χ4v) is 2.96. The van der Waals surface area contributed by atoms with E-state index in [0.29, 0.717) is 5.69 Å². The summed E-state index contributed by atoms with van der Waals surface area (Å²) < 4.78 is 33.8. The van der Waals surface area contributed by atoms with Crippen LogP contribution < -0.4 is 4.90 Å². The molecule has 20 heavy (non-hydrogen) atoms. The molecule has 1 atom stereocenters. The van der Waals surface area contributed by atoms with E-state index in [2.05, 4.69) is 0 Å². The Hall–Kier alpha value is -2.03. The van der Waals surface area contributed by atoms with Gasteiger partial charge in [-0.05, 0) is 12.1 Å². The maximum Gasteiger partial charge on any atom is 0.302 e. The normalized spacial score (nSPS) is 19.4. The zero-order valence-electron chi connectivity index (χ0n) is 10.2. The Balaban J connectivity index is 2.13. The van der Waals surface area contributed by atoms with Gasteiger partial charge in [0.25, 0.3) is 5.69 Å². The first-order valence-electron chi connectivity index (χ1n) is 5.73. The number of nitrogens with zero attached hydrogens (tertiary/aromatic N) is 2.